The van der Waals surface area contributed by atoms with Crippen molar-refractivity contribution in [1.82, 2.24) is 4.57 Å². The summed E-state index contributed by atoms with van der Waals surface area (Å²) in [4.78, 5) is 30.3. The van der Waals surface area contributed by atoms with Gasteiger partial charge in [-0.25, -0.2) is 9.79 Å². The van der Waals surface area contributed by atoms with Crippen LogP contribution in [0.3, 0.4) is 0 Å². The second-order valence-corrected chi connectivity index (χ2v) is 10.6. The summed E-state index contributed by atoms with van der Waals surface area (Å²) in [5.41, 5.74) is -2.26. The molecule has 7 nitrogen and oxygen atoms in total. The summed E-state index contributed by atoms with van der Waals surface area (Å²) in [7, 11) is 1.45. The van der Waals surface area contributed by atoms with Gasteiger partial charge in [-0.1, -0.05) is 63.7 Å². The van der Waals surface area contributed by atoms with Gasteiger partial charge in [0, 0.05) is 15.1 Å². The molecule has 0 unspecified atom stereocenters. The number of methoxy groups -OCH3 is 1. The highest BCUT2D eigenvalue weighted by Gasteiger charge is 2.45. The fourth-order valence-corrected chi connectivity index (χ4v) is 5.66. The molecule has 1 aliphatic rings. The van der Waals surface area contributed by atoms with Crippen molar-refractivity contribution < 1.29 is 32.2 Å². The van der Waals surface area contributed by atoms with Gasteiger partial charge in [-0.2, -0.15) is 13.2 Å². The average molecular weight is 658 g/mol. The van der Waals surface area contributed by atoms with E-state index in [0.29, 0.717) is 26.6 Å². The smallest absolute Gasteiger partial charge is 0.434 e. The van der Waals surface area contributed by atoms with Gasteiger partial charge < -0.3 is 14.2 Å². The molecule has 0 amide bonds. The Bertz CT molecular complexity index is 1680. The van der Waals surface area contributed by atoms with Gasteiger partial charge in [0.2, 0.25) is 0 Å². The number of alkyl halides is 3. The largest absolute Gasteiger partial charge is 0.493 e. The molecule has 3 aromatic rings. The number of carbonyl (C=O) groups is 1. The molecule has 0 saturated carbocycles. The molecule has 0 fully saturated rings. The number of carbonyl (C=O) groups excluding carboxylic acids is 1. The number of hydrogen-bond acceptors (Lipinski definition) is 7. The SMILES string of the molecule is C=CCOc1c(/C=c2\sc3n(c2=O)[C@H](c2ccc(Cl)cc2)C(C(=O)OCC)=C(C(F)(F)F)N=3)cc(Br)cc1OC. The number of hydrogen-bond donors (Lipinski definition) is 0. The van der Waals surface area contributed by atoms with Crippen LogP contribution < -0.4 is 24.4 Å². The summed E-state index contributed by atoms with van der Waals surface area (Å²) in [5, 5.41) is 0.324. The van der Waals surface area contributed by atoms with Crippen molar-refractivity contribution >= 4 is 50.9 Å². The number of nitrogens with zero attached hydrogens (tertiary/aromatic N) is 2. The van der Waals surface area contributed by atoms with Crippen molar-refractivity contribution in [2.45, 2.75) is 19.1 Å². The third-order valence-corrected chi connectivity index (χ3v) is 7.37. The molecule has 1 aliphatic heterocycles. The predicted molar refractivity (Wildman–Crippen MR) is 149 cm³/mol. The molecular weight excluding hydrogens is 637 g/mol. The van der Waals surface area contributed by atoms with Crippen LogP contribution in [0.25, 0.3) is 6.08 Å². The maximum Gasteiger partial charge on any atom is 0.434 e. The van der Waals surface area contributed by atoms with Crippen molar-refractivity contribution in [3.63, 3.8) is 0 Å². The van der Waals surface area contributed by atoms with Crippen LogP contribution in [0.4, 0.5) is 13.2 Å². The van der Waals surface area contributed by atoms with E-state index in [4.69, 9.17) is 25.8 Å². The number of ether oxygens (including phenoxy) is 3. The van der Waals surface area contributed by atoms with Crippen molar-refractivity contribution in [1.29, 1.82) is 0 Å². The van der Waals surface area contributed by atoms with Crippen LogP contribution in [0.15, 0.2) is 74.6 Å². The van der Waals surface area contributed by atoms with Gasteiger partial charge in [0.15, 0.2) is 22.0 Å². The van der Waals surface area contributed by atoms with Crippen LogP contribution in [0.2, 0.25) is 5.02 Å². The highest BCUT2D eigenvalue weighted by molar-refractivity contribution is 9.10. The van der Waals surface area contributed by atoms with E-state index in [1.807, 2.05) is 0 Å². The van der Waals surface area contributed by atoms with Crippen molar-refractivity contribution in [2.24, 2.45) is 4.99 Å². The number of thiazole rings is 1. The first kappa shape index (κ1) is 29.6. The lowest BCUT2D eigenvalue weighted by atomic mass is 9.95. The van der Waals surface area contributed by atoms with E-state index < -0.39 is 35.0 Å². The fourth-order valence-electron chi connectivity index (χ4n) is 4.09. The molecule has 40 heavy (non-hydrogen) atoms. The second-order valence-electron chi connectivity index (χ2n) is 8.24. The lowest BCUT2D eigenvalue weighted by Gasteiger charge is -2.26. The minimum absolute atomic E-state index is 0.0490. The maximum atomic E-state index is 14.3. The minimum Gasteiger partial charge on any atom is -0.493 e. The molecule has 13 heteroatoms. The topological polar surface area (TPSA) is 79.1 Å². The molecule has 0 radical (unpaired) electrons. The molecule has 1 atom stereocenters. The van der Waals surface area contributed by atoms with Crippen LogP contribution in [0.1, 0.15) is 24.1 Å². The molecule has 0 saturated heterocycles. The lowest BCUT2D eigenvalue weighted by molar-refractivity contribution is -0.140. The quantitative estimate of drug-likeness (QED) is 0.242. The molecule has 0 aliphatic carbocycles. The molecule has 0 N–H and O–H groups in total. The lowest BCUT2D eigenvalue weighted by Crippen LogP contribution is -2.41. The summed E-state index contributed by atoms with van der Waals surface area (Å²) >= 11 is 10.1. The van der Waals surface area contributed by atoms with Crippen LogP contribution in [0.5, 0.6) is 11.5 Å². The Balaban J connectivity index is 2.05. The third-order valence-electron chi connectivity index (χ3n) is 5.68. The van der Waals surface area contributed by atoms with Crippen molar-refractivity contribution in [3.05, 3.63) is 101 Å². The van der Waals surface area contributed by atoms with Crippen molar-refractivity contribution in [2.75, 3.05) is 20.3 Å². The molecule has 1 aromatic heterocycles. The zero-order chi connectivity index (χ0) is 29.2. The summed E-state index contributed by atoms with van der Waals surface area (Å²) in [6.07, 6.45) is -2.01. The van der Waals surface area contributed by atoms with E-state index in [0.717, 1.165) is 15.9 Å². The van der Waals surface area contributed by atoms with Gasteiger partial charge in [-0.3, -0.25) is 9.36 Å². The average Bonchev–Trinajstić information content (AvgIpc) is 3.21. The normalized spacial score (nSPS) is 15.4. The molecule has 4 rings (SSSR count). The van der Waals surface area contributed by atoms with Gasteiger partial charge in [-0.15, -0.1) is 0 Å². The zero-order valence-corrected chi connectivity index (χ0v) is 24.2. The first-order valence-corrected chi connectivity index (χ1v) is 13.7. The first-order valence-electron chi connectivity index (χ1n) is 11.7. The number of rotatable bonds is 8. The zero-order valence-electron chi connectivity index (χ0n) is 21.1. The van der Waals surface area contributed by atoms with Crippen LogP contribution in [-0.2, 0) is 9.53 Å². The number of fused-ring (bicyclic) bond motifs is 1. The predicted octanol–water partition coefficient (Wildman–Crippen LogP) is 5.33. The van der Waals surface area contributed by atoms with Crippen LogP contribution in [-0.4, -0.2) is 37.0 Å². The molecule has 210 valence electrons. The number of esters is 1. The van der Waals surface area contributed by atoms with Gasteiger partial charge in [0.1, 0.15) is 6.61 Å². The summed E-state index contributed by atoms with van der Waals surface area (Å²) in [6.45, 7) is 5.06. The molecule has 0 bridgehead atoms. The third kappa shape index (κ3) is 5.89. The molecular formula is C27H21BrClF3N2O5S. The Labute approximate surface area is 243 Å². The Morgan fingerprint density at radius 3 is 2.58 bits per heavy atom. The maximum absolute atomic E-state index is 14.3. The number of allylic oxidation sites excluding steroid dienone is 1. The minimum atomic E-state index is -5.01. The van der Waals surface area contributed by atoms with E-state index in [-0.39, 0.29) is 28.1 Å². The van der Waals surface area contributed by atoms with Crippen LogP contribution >= 0.6 is 38.9 Å². The standard InChI is InChI=1S/C27H21BrClF3N2O5S/c1-4-10-39-22-15(11-16(28)13-18(22)37-3)12-19-24(35)34-21(14-6-8-17(29)9-7-14)20(25(36)38-5-2)23(27(30,31)32)33-26(34)40-19/h4,6-9,11-13,21H,1,5,10H2,2-3H3/b19-12-/t21-/m1/s1. The number of aromatic nitrogens is 1. The molecule has 2 heterocycles. The number of benzene rings is 2. The van der Waals surface area contributed by atoms with E-state index in [1.165, 1.54) is 50.5 Å². The summed E-state index contributed by atoms with van der Waals surface area (Å²) in [5.74, 6) is -0.572. The number of halogens is 5. The van der Waals surface area contributed by atoms with E-state index >= 15 is 0 Å². The summed E-state index contributed by atoms with van der Waals surface area (Å²) in [6, 6.07) is 7.67. The van der Waals surface area contributed by atoms with E-state index in [9.17, 15) is 22.8 Å². The second kappa shape index (κ2) is 12.0. The monoisotopic (exact) mass is 656 g/mol. The van der Waals surface area contributed by atoms with Gasteiger partial charge in [0.25, 0.3) is 5.56 Å². The Kier molecular flexibility index (Phi) is 8.91. The first-order chi connectivity index (χ1) is 19.0. The van der Waals surface area contributed by atoms with Gasteiger partial charge in [-0.05, 0) is 42.8 Å². The Hall–Kier alpha value is -3.35. The van der Waals surface area contributed by atoms with Gasteiger partial charge in [0.05, 0.1) is 29.9 Å². The molecule has 2 aromatic carbocycles. The highest BCUT2D eigenvalue weighted by Crippen LogP contribution is 2.39. The Morgan fingerprint density at radius 1 is 1.27 bits per heavy atom. The fraction of sp³-hybridized carbons (Fsp3) is 0.222. The van der Waals surface area contributed by atoms with E-state index in [2.05, 4.69) is 27.5 Å². The highest BCUT2D eigenvalue weighted by atomic mass is 79.9. The van der Waals surface area contributed by atoms with E-state index in [1.54, 1.807) is 12.1 Å². The summed E-state index contributed by atoms with van der Waals surface area (Å²) < 4.78 is 60.7. The van der Waals surface area contributed by atoms with Gasteiger partial charge >= 0.3 is 12.1 Å². The Morgan fingerprint density at radius 2 is 1.98 bits per heavy atom. The van der Waals surface area contributed by atoms with Crippen LogP contribution in [0, 0.1) is 0 Å². The molecule has 0 spiro atoms. The van der Waals surface area contributed by atoms with Crippen molar-refractivity contribution in [3.8, 4) is 11.5 Å².